The number of nitrogens with zero attached hydrogens (tertiary/aromatic N) is 1. The van der Waals surface area contributed by atoms with E-state index >= 15 is 0 Å². The second-order valence-corrected chi connectivity index (χ2v) is 4.40. The summed E-state index contributed by atoms with van der Waals surface area (Å²) in [6.45, 7) is 16.2. The molecule has 15 heavy (non-hydrogen) atoms. The molecular weight excluding hydrogens is 182 g/mol. The maximum atomic E-state index is 3.94. The molecule has 0 saturated carbocycles. The zero-order valence-corrected chi connectivity index (χ0v) is 11.2. The Morgan fingerprint density at radius 2 is 1.80 bits per heavy atom. The summed E-state index contributed by atoms with van der Waals surface area (Å²) >= 11 is 0. The molecule has 0 aromatic heterocycles. The number of likely N-dealkylation sites (tertiary alicyclic amines) is 1. The van der Waals surface area contributed by atoms with Crippen LogP contribution in [-0.4, -0.2) is 24.5 Å². The highest BCUT2D eigenvalue weighted by Gasteiger charge is 2.16. The lowest BCUT2D eigenvalue weighted by molar-refractivity contribution is 0.184. The lowest BCUT2D eigenvalue weighted by Crippen LogP contribution is -2.34. The van der Waals surface area contributed by atoms with Crippen molar-refractivity contribution in [3.8, 4) is 0 Å². The van der Waals surface area contributed by atoms with E-state index in [0.29, 0.717) is 0 Å². The molecule has 0 aliphatic carbocycles. The van der Waals surface area contributed by atoms with Gasteiger partial charge in [-0.25, -0.2) is 0 Å². The molecule has 1 nitrogen and oxygen atoms in total. The van der Waals surface area contributed by atoms with E-state index in [9.17, 15) is 0 Å². The summed E-state index contributed by atoms with van der Waals surface area (Å²) in [6.07, 6.45) is 5.37. The third kappa shape index (κ3) is 6.72. The predicted molar refractivity (Wildman–Crippen MR) is 70.2 cm³/mol. The molecule has 0 aromatic carbocycles. The molecule has 0 aromatic rings. The number of hydrogen-bond acceptors (Lipinski definition) is 1. The molecule has 0 bridgehead atoms. The Labute approximate surface area is 96.6 Å². The molecule has 1 fully saturated rings. The molecule has 0 N–H and O–H groups in total. The molecule has 1 aliphatic rings. The van der Waals surface area contributed by atoms with Crippen LogP contribution in [0, 0.1) is 5.92 Å². The van der Waals surface area contributed by atoms with E-state index in [1.165, 1.54) is 50.9 Å². The quantitative estimate of drug-likeness (QED) is 0.633. The minimum Gasteiger partial charge on any atom is -0.303 e. The van der Waals surface area contributed by atoms with Crippen LogP contribution in [0.5, 0.6) is 0 Å². The molecule has 0 spiro atoms. The zero-order chi connectivity index (χ0) is 11.7. The highest BCUT2D eigenvalue weighted by atomic mass is 15.1. The number of hydrogen-bond donors (Lipinski definition) is 0. The Balaban J connectivity index is 0.000000921. The molecule has 0 amide bonds. The number of rotatable bonds is 4. The summed E-state index contributed by atoms with van der Waals surface area (Å²) < 4.78 is 0. The molecule has 1 heterocycles. The monoisotopic (exact) mass is 211 g/mol. The van der Waals surface area contributed by atoms with Crippen LogP contribution in [0.15, 0.2) is 12.2 Å². The smallest absolute Gasteiger partial charge is 0.00184 e. The van der Waals surface area contributed by atoms with Gasteiger partial charge in [0.25, 0.3) is 0 Å². The van der Waals surface area contributed by atoms with Crippen molar-refractivity contribution in [2.75, 3.05) is 19.6 Å². The first kappa shape index (κ1) is 14.7. The average molecular weight is 211 g/mol. The third-order valence-electron chi connectivity index (χ3n) is 3.14. The Kier molecular flexibility index (Phi) is 8.79. The van der Waals surface area contributed by atoms with E-state index in [-0.39, 0.29) is 0 Å². The van der Waals surface area contributed by atoms with Crippen LogP contribution in [0.2, 0.25) is 0 Å². The molecule has 0 atom stereocenters. The molecular formula is C14H29N. The lowest BCUT2D eigenvalue weighted by Gasteiger charge is -2.31. The van der Waals surface area contributed by atoms with Crippen molar-refractivity contribution in [2.24, 2.45) is 5.92 Å². The van der Waals surface area contributed by atoms with E-state index in [1.54, 1.807) is 0 Å². The van der Waals surface area contributed by atoms with Crippen LogP contribution in [-0.2, 0) is 0 Å². The van der Waals surface area contributed by atoms with E-state index in [2.05, 4.69) is 25.3 Å². The second-order valence-electron chi connectivity index (χ2n) is 4.40. The molecule has 90 valence electrons. The van der Waals surface area contributed by atoms with Crippen LogP contribution in [0.1, 0.15) is 53.4 Å². The standard InChI is InChI=1S/C12H23N.C2H6/c1-4-12-6-9-13(10-7-12)8-5-11(2)3;1-2/h12H,2,4-10H2,1,3H3;1-2H3. The Morgan fingerprint density at radius 1 is 1.27 bits per heavy atom. The van der Waals surface area contributed by atoms with Gasteiger partial charge in [-0.05, 0) is 45.2 Å². The second kappa shape index (κ2) is 8.96. The largest absolute Gasteiger partial charge is 0.303 e. The van der Waals surface area contributed by atoms with Crippen molar-refractivity contribution >= 4 is 0 Å². The minimum atomic E-state index is 1.00. The molecule has 0 radical (unpaired) electrons. The van der Waals surface area contributed by atoms with E-state index in [4.69, 9.17) is 0 Å². The van der Waals surface area contributed by atoms with Gasteiger partial charge in [0.05, 0.1) is 0 Å². The van der Waals surface area contributed by atoms with Crippen LogP contribution < -0.4 is 0 Å². The van der Waals surface area contributed by atoms with Gasteiger partial charge in [-0.2, -0.15) is 0 Å². The predicted octanol–water partition coefficient (Wildman–Crippen LogP) is 4.10. The first-order chi connectivity index (χ1) is 7.22. The van der Waals surface area contributed by atoms with E-state index < -0.39 is 0 Å². The van der Waals surface area contributed by atoms with Gasteiger partial charge in [-0.15, -0.1) is 6.58 Å². The van der Waals surface area contributed by atoms with Crippen molar-refractivity contribution in [1.29, 1.82) is 0 Å². The fourth-order valence-electron chi connectivity index (χ4n) is 1.97. The maximum absolute atomic E-state index is 3.94. The fraction of sp³-hybridized carbons (Fsp3) is 0.857. The lowest BCUT2D eigenvalue weighted by atomic mass is 9.94. The maximum Gasteiger partial charge on any atom is 0.00184 e. The van der Waals surface area contributed by atoms with Gasteiger partial charge >= 0.3 is 0 Å². The van der Waals surface area contributed by atoms with Gasteiger partial charge in [0.2, 0.25) is 0 Å². The van der Waals surface area contributed by atoms with Crippen LogP contribution in [0.25, 0.3) is 0 Å². The van der Waals surface area contributed by atoms with Crippen molar-refractivity contribution < 1.29 is 0 Å². The van der Waals surface area contributed by atoms with E-state index in [0.717, 1.165) is 5.92 Å². The van der Waals surface area contributed by atoms with Gasteiger partial charge in [0.15, 0.2) is 0 Å². The molecule has 1 rings (SSSR count). The zero-order valence-electron chi connectivity index (χ0n) is 11.2. The topological polar surface area (TPSA) is 3.24 Å². The SMILES string of the molecule is C=C(C)CCN1CCC(CC)CC1.CC. The minimum absolute atomic E-state index is 1.00. The summed E-state index contributed by atoms with van der Waals surface area (Å²) in [5, 5.41) is 0. The summed E-state index contributed by atoms with van der Waals surface area (Å²) in [7, 11) is 0. The van der Waals surface area contributed by atoms with Gasteiger partial charge in [0, 0.05) is 6.54 Å². The Morgan fingerprint density at radius 3 is 2.20 bits per heavy atom. The summed E-state index contributed by atoms with van der Waals surface area (Å²) in [5.74, 6) is 1.00. The molecule has 0 unspecified atom stereocenters. The van der Waals surface area contributed by atoms with Gasteiger partial charge < -0.3 is 4.90 Å². The highest BCUT2D eigenvalue weighted by Crippen LogP contribution is 2.20. The first-order valence-corrected chi connectivity index (χ1v) is 6.59. The highest BCUT2D eigenvalue weighted by molar-refractivity contribution is 4.89. The van der Waals surface area contributed by atoms with Crippen molar-refractivity contribution in [3.63, 3.8) is 0 Å². The van der Waals surface area contributed by atoms with Crippen molar-refractivity contribution in [3.05, 3.63) is 12.2 Å². The van der Waals surface area contributed by atoms with Crippen LogP contribution >= 0.6 is 0 Å². The Bertz CT molecular complexity index is 155. The third-order valence-corrected chi connectivity index (χ3v) is 3.14. The normalized spacial score (nSPS) is 18.1. The first-order valence-electron chi connectivity index (χ1n) is 6.59. The van der Waals surface area contributed by atoms with Gasteiger partial charge in [-0.3, -0.25) is 0 Å². The fourth-order valence-corrected chi connectivity index (χ4v) is 1.97. The molecule has 1 heteroatoms. The van der Waals surface area contributed by atoms with Crippen LogP contribution in [0.3, 0.4) is 0 Å². The van der Waals surface area contributed by atoms with Crippen molar-refractivity contribution in [1.82, 2.24) is 4.90 Å². The van der Waals surface area contributed by atoms with Gasteiger partial charge in [0.1, 0.15) is 0 Å². The summed E-state index contributed by atoms with van der Waals surface area (Å²) in [4.78, 5) is 2.58. The summed E-state index contributed by atoms with van der Waals surface area (Å²) in [6, 6.07) is 0. The Hall–Kier alpha value is -0.300. The molecule has 1 aliphatic heterocycles. The van der Waals surface area contributed by atoms with Gasteiger partial charge in [-0.1, -0.05) is 32.8 Å². The van der Waals surface area contributed by atoms with Crippen molar-refractivity contribution in [2.45, 2.75) is 53.4 Å². The summed E-state index contributed by atoms with van der Waals surface area (Å²) in [5.41, 5.74) is 1.32. The molecule has 1 saturated heterocycles. The van der Waals surface area contributed by atoms with E-state index in [1.807, 2.05) is 13.8 Å². The number of piperidine rings is 1. The van der Waals surface area contributed by atoms with Crippen LogP contribution in [0.4, 0.5) is 0 Å². The average Bonchev–Trinajstić information content (AvgIpc) is 2.30.